The highest BCUT2D eigenvalue weighted by molar-refractivity contribution is 5.97. The quantitative estimate of drug-likeness (QED) is 0.906. The molecule has 0 saturated carbocycles. The van der Waals surface area contributed by atoms with E-state index in [0.29, 0.717) is 12.1 Å². The Kier molecular flexibility index (Phi) is 5.97. The molecule has 0 aromatic heterocycles. The fraction of sp³-hybridized carbons (Fsp3) is 0.529. The van der Waals surface area contributed by atoms with Crippen molar-refractivity contribution in [3.05, 3.63) is 29.8 Å². The average molecular weight is 305 g/mol. The maximum atomic E-state index is 12.6. The van der Waals surface area contributed by atoms with Crippen LogP contribution in [0, 0.1) is 0 Å². The predicted molar refractivity (Wildman–Crippen MR) is 90.2 cm³/mol. The van der Waals surface area contributed by atoms with Crippen LogP contribution < -0.4 is 10.2 Å². The summed E-state index contributed by atoms with van der Waals surface area (Å²) >= 11 is 0. The van der Waals surface area contributed by atoms with Crippen LogP contribution in [0.3, 0.4) is 0 Å². The number of nitrogens with one attached hydrogen (secondary N) is 1. The molecule has 5 nitrogen and oxygen atoms in total. The molecule has 5 heteroatoms. The highest BCUT2D eigenvalue weighted by atomic mass is 16.2. The monoisotopic (exact) mass is 305 g/mol. The summed E-state index contributed by atoms with van der Waals surface area (Å²) in [5.41, 5.74) is 1.25. The largest absolute Gasteiger partial charge is 0.378 e. The van der Waals surface area contributed by atoms with Gasteiger partial charge in [0.05, 0.1) is 6.54 Å². The van der Waals surface area contributed by atoms with E-state index in [2.05, 4.69) is 5.32 Å². The van der Waals surface area contributed by atoms with E-state index < -0.39 is 0 Å². The number of hydrogen-bond donors (Lipinski definition) is 1. The first-order valence-corrected chi connectivity index (χ1v) is 7.51. The molecule has 2 amide bonds. The van der Waals surface area contributed by atoms with Gasteiger partial charge in [0.25, 0.3) is 5.91 Å². The standard InChI is InChI=1S/C17H27N3O2/c1-7-20(12-15(21)18-17(2,3)4)16(22)13-9-8-10-14(11-13)19(5)6/h8-11H,7,12H2,1-6H3,(H,18,21). The molecule has 0 spiro atoms. The van der Waals surface area contributed by atoms with Crippen LogP contribution in [0.5, 0.6) is 0 Å². The molecule has 0 heterocycles. The Bertz CT molecular complexity index is 533. The van der Waals surface area contributed by atoms with E-state index in [0.717, 1.165) is 5.69 Å². The first-order chi connectivity index (χ1) is 10.1. The van der Waals surface area contributed by atoms with Gasteiger partial charge in [-0.3, -0.25) is 9.59 Å². The lowest BCUT2D eigenvalue weighted by molar-refractivity contribution is -0.123. The average Bonchev–Trinajstić information content (AvgIpc) is 2.42. The molecule has 0 aliphatic carbocycles. The van der Waals surface area contributed by atoms with Gasteiger partial charge in [-0.15, -0.1) is 0 Å². The van der Waals surface area contributed by atoms with Crippen molar-refractivity contribution in [1.29, 1.82) is 0 Å². The smallest absolute Gasteiger partial charge is 0.254 e. The Morgan fingerprint density at radius 3 is 2.32 bits per heavy atom. The number of anilines is 1. The Hall–Kier alpha value is -2.04. The summed E-state index contributed by atoms with van der Waals surface area (Å²) in [7, 11) is 3.86. The molecule has 0 aliphatic rings. The lowest BCUT2D eigenvalue weighted by Gasteiger charge is -2.25. The number of carbonyl (C=O) groups is 2. The number of nitrogens with zero attached hydrogens (tertiary/aromatic N) is 2. The van der Waals surface area contributed by atoms with Gasteiger partial charge in [-0.2, -0.15) is 0 Å². The van der Waals surface area contributed by atoms with Crippen LogP contribution in [-0.2, 0) is 4.79 Å². The van der Waals surface area contributed by atoms with Gasteiger partial charge in [0.1, 0.15) is 0 Å². The lowest BCUT2D eigenvalue weighted by Crippen LogP contribution is -2.47. The van der Waals surface area contributed by atoms with Crippen LogP contribution in [0.1, 0.15) is 38.1 Å². The number of likely N-dealkylation sites (N-methyl/N-ethyl adjacent to an activating group) is 1. The van der Waals surface area contributed by atoms with Gasteiger partial charge in [0.2, 0.25) is 5.91 Å². The first kappa shape index (κ1) is 18.0. The fourth-order valence-corrected chi connectivity index (χ4v) is 2.06. The van der Waals surface area contributed by atoms with E-state index in [1.165, 1.54) is 0 Å². The summed E-state index contributed by atoms with van der Waals surface area (Å²) in [6, 6.07) is 7.41. The molecule has 0 unspecified atom stereocenters. The van der Waals surface area contributed by atoms with Crippen molar-refractivity contribution in [3.8, 4) is 0 Å². The van der Waals surface area contributed by atoms with Crippen molar-refractivity contribution >= 4 is 17.5 Å². The Balaban J connectivity index is 2.84. The third kappa shape index (κ3) is 5.39. The van der Waals surface area contributed by atoms with Crippen molar-refractivity contribution < 1.29 is 9.59 Å². The second kappa shape index (κ2) is 7.29. The SMILES string of the molecule is CCN(CC(=O)NC(C)(C)C)C(=O)c1cccc(N(C)C)c1. The molecule has 0 atom stereocenters. The van der Waals surface area contributed by atoms with Gasteiger partial charge < -0.3 is 15.1 Å². The zero-order valence-electron chi connectivity index (χ0n) is 14.4. The third-order valence-electron chi connectivity index (χ3n) is 3.13. The van der Waals surface area contributed by atoms with Crippen molar-refractivity contribution in [2.75, 3.05) is 32.1 Å². The molecule has 1 rings (SSSR count). The van der Waals surface area contributed by atoms with Crippen molar-refractivity contribution in [2.24, 2.45) is 0 Å². The van der Waals surface area contributed by atoms with Crippen LogP contribution >= 0.6 is 0 Å². The molecule has 0 aliphatic heterocycles. The molecule has 0 saturated heterocycles. The summed E-state index contributed by atoms with van der Waals surface area (Å²) in [5.74, 6) is -0.276. The Morgan fingerprint density at radius 2 is 1.82 bits per heavy atom. The van der Waals surface area contributed by atoms with E-state index in [1.807, 2.05) is 64.9 Å². The van der Waals surface area contributed by atoms with Crippen LogP contribution in [-0.4, -0.2) is 49.4 Å². The topological polar surface area (TPSA) is 52.7 Å². The normalized spacial score (nSPS) is 11.0. The van der Waals surface area contributed by atoms with Crippen LogP contribution in [0.15, 0.2) is 24.3 Å². The highest BCUT2D eigenvalue weighted by Gasteiger charge is 2.20. The maximum Gasteiger partial charge on any atom is 0.254 e. The lowest BCUT2D eigenvalue weighted by atomic mass is 10.1. The zero-order valence-corrected chi connectivity index (χ0v) is 14.4. The van der Waals surface area contributed by atoms with Gasteiger partial charge in [0.15, 0.2) is 0 Å². The number of hydrogen-bond acceptors (Lipinski definition) is 3. The number of rotatable bonds is 5. The minimum absolute atomic E-state index is 0.0682. The molecule has 0 bridgehead atoms. The molecule has 22 heavy (non-hydrogen) atoms. The second-order valence-electron chi connectivity index (χ2n) is 6.56. The summed E-state index contributed by atoms with van der Waals surface area (Å²) in [5, 5.41) is 2.88. The number of amides is 2. The van der Waals surface area contributed by atoms with Gasteiger partial charge in [-0.05, 0) is 45.9 Å². The number of benzene rings is 1. The molecular weight excluding hydrogens is 278 g/mol. The van der Waals surface area contributed by atoms with Crippen molar-refractivity contribution in [1.82, 2.24) is 10.2 Å². The molecule has 0 fully saturated rings. The van der Waals surface area contributed by atoms with Crippen molar-refractivity contribution in [3.63, 3.8) is 0 Å². The first-order valence-electron chi connectivity index (χ1n) is 7.51. The van der Waals surface area contributed by atoms with E-state index in [1.54, 1.807) is 11.0 Å². The van der Waals surface area contributed by atoms with Crippen LogP contribution in [0.25, 0.3) is 0 Å². The predicted octanol–water partition coefficient (Wildman–Crippen LogP) is 2.13. The number of carbonyl (C=O) groups excluding carboxylic acids is 2. The minimum atomic E-state index is -0.301. The summed E-state index contributed by atoms with van der Waals surface area (Å²) in [6.45, 7) is 8.19. The van der Waals surface area contributed by atoms with E-state index >= 15 is 0 Å². The second-order valence-corrected chi connectivity index (χ2v) is 6.56. The zero-order chi connectivity index (χ0) is 16.9. The highest BCUT2D eigenvalue weighted by Crippen LogP contribution is 2.15. The summed E-state index contributed by atoms with van der Waals surface area (Å²) in [6.07, 6.45) is 0. The van der Waals surface area contributed by atoms with Gasteiger partial charge >= 0.3 is 0 Å². The minimum Gasteiger partial charge on any atom is -0.378 e. The maximum absolute atomic E-state index is 12.6. The molecule has 1 N–H and O–H groups in total. The van der Waals surface area contributed by atoms with Gasteiger partial charge in [0, 0.05) is 37.4 Å². The fourth-order valence-electron chi connectivity index (χ4n) is 2.06. The van der Waals surface area contributed by atoms with Gasteiger partial charge in [-0.25, -0.2) is 0 Å². The third-order valence-corrected chi connectivity index (χ3v) is 3.13. The Morgan fingerprint density at radius 1 is 1.18 bits per heavy atom. The molecule has 1 aromatic carbocycles. The van der Waals surface area contributed by atoms with Crippen LogP contribution in [0.2, 0.25) is 0 Å². The van der Waals surface area contributed by atoms with Crippen molar-refractivity contribution in [2.45, 2.75) is 33.2 Å². The molecule has 0 radical (unpaired) electrons. The Labute approximate surface area is 133 Å². The summed E-state index contributed by atoms with van der Waals surface area (Å²) < 4.78 is 0. The van der Waals surface area contributed by atoms with Gasteiger partial charge in [-0.1, -0.05) is 6.07 Å². The molecule has 122 valence electrons. The summed E-state index contributed by atoms with van der Waals surface area (Å²) in [4.78, 5) is 28.1. The molecule has 1 aromatic rings. The van der Waals surface area contributed by atoms with E-state index in [4.69, 9.17) is 0 Å². The molecular formula is C17H27N3O2. The van der Waals surface area contributed by atoms with E-state index in [9.17, 15) is 9.59 Å². The van der Waals surface area contributed by atoms with Crippen LogP contribution in [0.4, 0.5) is 5.69 Å². The van der Waals surface area contributed by atoms with E-state index in [-0.39, 0.29) is 23.9 Å².